The molecule has 0 aliphatic carbocycles. The molecule has 0 aliphatic heterocycles. The summed E-state index contributed by atoms with van der Waals surface area (Å²) in [4.78, 5) is 0. The maximum Gasteiger partial charge on any atom is 1.00 e. The van der Waals surface area contributed by atoms with Gasteiger partial charge in [-0.1, -0.05) is 90.4 Å². The molecule has 0 aromatic carbocycles. The van der Waals surface area contributed by atoms with Gasteiger partial charge in [-0.25, -0.2) is 0 Å². The monoisotopic (exact) mass is 386 g/mol. The van der Waals surface area contributed by atoms with Gasteiger partial charge in [0.1, 0.15) is 0 Å². The van der Waals surface area contributed by atoms with Gasteiger partial charge in [-0.2, -0.15) is 14.8 Å². The van der Waals surface area contributed by atoms with Crippen LogP contribution in [0.15, 0.2) is 0 Å². The van der Waals surface area contributed by atoms with Crippen molar-refractivity contribution < 1.29 is 99.9 Å². The van der Waals surface area contributed by atoms with Crippen molar-refractivity contribution in [2.75, 3.05) is 0 Å². The fraction of sp³-hybridized carbons (Fsp3) is 0.938. The fourth-order valence-corrected chi connectivity index (χ4v) is 2.19. The first-order chi connectivity index (χ1) is 9.91. The van der Waals surface area contributed by atoms with E-state index in [0.717, 1.165) is 6.42 Å². The molecule has 0 amide bonds. The molecule has 132 valence electrons. The summed E-state index contributed by atoms with van der Waals surface area (Å²) in [6, 6.07) is 0. The predicted molar refractivity (Wildman–Crippen MR) is 91.0 cm³/mol. The second-order valence-electron chi connectivity index (χ2n) is 5.54. The van der Waals surface area contributed by atoms with Gasteiger partial charge in [-0.15, -0.1) is 0 Å². The summed E-state index contributed by atoms with van der Waals surface area (Å²) < 4.78 is 31.6. The molecule has 0 fully saturated rings. The van der Waals surface area contributed by atoms with Gasteiger partial charge in [0.05, 0.1) is 0 Å². The van der Waals surface area contributed by atoms with Crippen LogP contribution >= 0.6 is 0 Å². The molecular formula is C16H36KNaO4S. The van der Waals surface area contributed by atoms with Crippen LogP contribution in [0.1, 0.15) is 98.2 Å². The summed E-state index contributed by atoms with van der Waals surface area (Å²) in [5, 5.41) is 0. The van der Waals surface area contributed by atoms with E-state index in [-0.39, 0.29) is 82.4 Å². The Bertz CT molecular complexity index is 272. The Balaban J connectivity index is -0.000000132. The molecule has 0 saturated carbocycles. The Morgan fingerprint density at radius 3 is 1.17 bits per heavy atom. The molecule has 0 spiro atoms. The molecule has 7 heteroatoms. The van der Waals surface area contributed by atoms with Crippen molar-refractivity contribution in [1.82, 2.24) is 0 Å². The second kappa shape index (κ2) is 26.7. The van der Waals surface area contributed by atoms with Gasteiger partial charge in [-0.05, 0) is 0 Å². The van der Waals surface area contributed by atoms with E-state index in [4.69, 9.17) is 17.5 Å². The minimum atomic E-state index is -4.67. The summed E-state index contributed by atoms with van der Waals surface area (Å²) in [6.07, 6.45) is 19.8. The van der Waals surface area contributed by atoms with E-state index < -0.39 is 10.4 Å². The van der Waals surface area contributed by atoms with E-state index >= 15 is 0 Å². The predicted octanol–water partition coefficient (Wildman–Crippen LogP) is -0.231. The maximum atomic E-state index is 8.74. The Labute approximate surface area is 211 Å². The molecule has 0 heterocycles. The molecule has 0 aliphatic rings. The third-order valence-corrected chi connectivity index (χ3v) is 3.35. The van der Waals surface area contributed by atoms with Gasteiger partial charge in [0, 0.05) is 0 Å². The summed E-state index contributed by atoms with van der Waals surface area (Å²) in [6.45, 7) is 6.16. The van der Waals surface area contributed by atoms with Crippen LogP contribution in [-0.2, 0) is 10.4 Å². The quantitative estimate of drug-likeness (QED) is 0.198. The Morgan fingerprint density at radius 2 is 0.957 bits per heavy atom. The van der Waals surface area contributed by atoms with Crippen LogP contribution in [-0.4, -0.2) is 17.5 Å². The van der Waals surface area contributed by atoms with Gasteiger partial charge in [-0.3, -0.25) is 9.11 Å². The molecular weight excluding hydrogens is 350 g/mol. The minimum absolute atomic E-state index is 0. The zero-order valence-corrected chi connectivity index (χ0v) is 21.7. The van der Waals surface area contributed by atoms with E-state index in [9.17, 15) is 0 Å². The van der Waals surface area contributed by atoms with Gasteiger partial charge >= 0.3 is 91.3 Å². The molecule has 0 rings (SSSR count). The minimum Gasteiger partial charge on any atom is -1.00 e. The van der Waals surface area contributed by atoms with Crippen molar-refractivity contribution in [3.63, 3.8) is 0 Å². The Morgan fingerprint density at radius 1 is 0.739 bits per heavy atom. The van der Waals surface area contributed by atoms with Crippen LogP contribution in [0.2, 0.25) is 0 Å². The van der Waals surface area contributed by atoms with E-state index in [1.807, 2.05) is 0 Å². The van der Waals surface area contributed by atoms with Crippen molar-refractivity contribution in [2.45, 2.75) is 96.8 Å². The van der Waals surface area contributed by atoms with Gasteiger partial charge in [0.25, 0.3) is 0 Å². The molecule has 0 atom stereocenters. The summed E-state index contributed by atoms with van der Waals surface area (Å²) in [7, 11) is -4.67. The Kier molecular flexibility index (Phi) is 38.5. The van der Waals surface area contributed by atoms with E-state index in [0.29, 0.717) is 0 Å². The van der Waals surface area contributed by atoms with Crippen molar-refractivity contribution in [3.05, 3.63) is 6.92 Å². The first-order valence-electron chi connectivity index (χ1n) is 8.41. The van der Waals surface area contributed by atoms with Crippen LogP contribution in [0.25, 0.3) is 0 Å². The third-order valence-electron chi connectivity index (χ3n) is 3.35. The van der Waals surface area contributed by atoms with Crippen molar-refractivity contribution in [1.29, 1.82) is 0 Å². The van der Waals surface area contributed by atoms with Crippen molar-refractivity contribution in [3.8, 4) is 0 Å². The number of hydrogen-bond donors (Lipinski definition) is 2. The average Bonchev–Trinajstić information content (AvgIpc) is 2.38. The molecule has 4 nitrogen and oxygen atoms in total. The smallest absolute Gasteiger partial charge is 1.00 e. The van der Waals surface area contributed by atoms with Crippen LogP contribution in [0, 0.1) is 6.92 Å². The first-order valence-corrected chi connectivity index (χ1v) is 9.80. The van der Waals surface area contributed by atoms with Crippen molar-refractivity contribution >= 4 is 10.4 Å². The topological polar surface area (TPSA) is 74.6 Å². The largest absolute Gasteiger partial charge is 1.00 e. The van der Waals surface area contributed by atoms with Gasteiger partial charge in [0.2, 0.25) is 0 Å². The van der Waals surface area contributed by atoms with Crippen LogP contribution in [0.5, 0.6) is 0 Å². The van der Waals surface area contributed by atoms with Crippen LogP contribution in [0.3, 0.4) is 0 Å². The van der Waals surface area contributed by atoms with Gasteiger partial charge in [0.15, 0.2) is 0 Å². The second-order valence-corrected chi connectivity index (χ2v) is 6.44. The summed E-state index contributed by atoms with van der Waals surface area (Å²) in [5.74, 6) is 0. The summed E-state index contributed by atoms with van der Waals surface area (Å²) in [5.41, 5.74) is 0. The SMILES string of the molecule is O=S(=O)(O)O.[CH2-]CCCCCCCCCCCCCCC.[H-].[K+].[Na+]. The van der Waals surface area contributed by atoms with E-state index in [2.05, 4.69) is 13.8 Å². The average molecular weight is 387 g/mol. The van der Waals surface area contributed by atoms with Crippen molar-refractivity contribution in [2.24, 2.45) is 0 Å². The number of hydrogen-bond acceptors (Lipinski definition) is 2. The molecule has 0 bridgehead atoms. The summed E-state index contributed by atoms with van der Waals surface area (Å²) >= 11 is 0. The molecule has 0 saturated heterocycles. The molecule has 2 N–H and O–H groups in total. The van der Waals surface area contributed by atoms with Crippen LogP contribution < -0.4 is 80.9 Å². The van der Waals surface area contributed by atoms with Gasteiger partial charge < -0.3 is 8.35 Å². The third kappa shape index (κ3) is 51.6. The molecule has 0 aromatic rings. The fourth-order valence-electron chi connectivity index (χ4n) is 2.19. The molecule has 23 heavy (non-hydrogen) atoms. The molecule has 0 radical (unpaired) electrons. The Hall–Kier alpha value is 2.51. The first kappa shape index (κ1) is 33.1. The zero-order chi connectivity index (χ0) is 16.4. The zero-order valence-electron chi connectivity index (χ0n) is 16.7. The van der Waals surface area contributed by atoms with E-state index in [1.165, 1.54) is 83.5 Å². The normalized spacial score (nSPS) is 10.1. The standard InChI is InChI=1S/C16H33.K.Na.H2O4S.H/c1-3-5-7-9-11-13-15-16-14-12-10-8-6-4-2;;;1-5(2,3)4;/h1,3-16H2,2H3;;;(H2,1,2,3,4);/q-1;2*+1;;-1. The number of unbranched alkanes of at least 4 members (excludes halogenated alkanes) is 13. The number of rotatable bonds is 13. The maximum absolute atomic E-state index is 8.74. The van der Waals surface area contributed by atoms with E-state index in [1.54, 1.807) is 0 Å². The molecule has 0 aromatic heterocycles. The van der Waals surface area contributed by atoms with Crippen LogP contribution in [0.4, 0.5) is 0 Å². The molecule has 0 unspecified atom stereocenters.